The van der Waals surface area contributed by atoms with Gasteiger partial charge in [0.1, 0.15) is 0 Å². The zero-order chi connectivity index (χ0) is 12.5. The van der Waals surface area contributed by atoms with Crippen molar-refractivity contribution < 1.29 is 4.21 Å². The van der Waals surface area contributed by atoms with Gasteiger partial charge in [0.2, 0.25) is 0 Å². The summed E-state index contributed by atoms with van der Waals surface area (Å²) in [5.74, 6) is 1.19. The third kappa shape index (κ3) is 3.13. The highest BCUT2D eigenvalue weighted by atomic mass is 35.5. The lowest BCUT2D eigenvalue weighted by Crippen LogP contribution is -2.25. The zero-order valence-electron chi connectivity index (χ0n) is 9.45. The van der Waals surface area contributed by atoms with Crippen LogP contribution in [0.5, 0.6) is 0 Å². The average Bonchev–Trinajstić information content (AvgIpc) is 2.66. The first-order valence-electron chi connectivity index (χ1n) is 5.37. The van der Waals surface area contributed by atoms with Crippen molar-refractivity contribution in [2.75, 3.05) is 18.6 Å². The lowest BCUT2D eigenvalue weighted by atomic mass is 10.3. The Balaban J connectivity index is 2.36. The standard InChI is InChI=1S/C11H14Cl2N2OS/c1-14-9-4-5-17(16,7-9)15-11-6-8(12)2-3-10(11)13/h2-3,6,9,14H,4-5,7H2,1H3. The Kier molecular flexibility index (Phi) is 3.98. The van der Waals surface area contributed by atoms with Crippen molar-refractivity contribution in [3.05, 3.63) is 28.2 Å². The minimum Gasteiger partial charge on any atom is -0.316 e. The number of nitrogens with one attached hydrogen (secondary N) is 1. The highest BCUT2D eigenvalue weighted by Gasteiger charge is 2.25. The van der Waals surface area contributed by atoms with Crippen molar-refractivity contribution in [3.8, 4) is 0 Å². The molecule has 1 aromatic carbocycles. The summed E-state index contributed by atoms with van der Waals surface area (Å²) in [6.07, 6.45) is 0.886. The normalized spacial score (nSPS) is 28.3. The van der Waals surface area contributed by atoms with Crippen LogP contribution in [0.15, 0.2) is 22.6 Å². The maximum atomic E-state index is 12.5. The molecule has 3 nitrogen and oxygen atoms in total. The predicted molar refractivity (Wildman–Crippen MR) is 73.9 cm³/mol. The molecular weight excluding hydrogens is 279 g/mol. The summed E-state index contributed by atoms with van der Waals surface area (Å²) in [4.78, 5) is 0. The third-order valence-corrected chi connectivity index (χ3v) is 5.71. The molecule has 2 rings (SSSR count). The van der Waals surface area contributed by atoms with Crippen molar-refractivity contribution in [2.45, 2.75) is 12.5 Å². The molecule has 0 bridgehead atoms. The summed E-state index contributed by atoms with van der Waals surface area (Å²) >= 11 is 11.9. The molecule has 0 aliphatic carbocycles. The van der Waals surface area contributed by atoms with Crippen LogP contribution in [0.3, 0.4) is 0 Å². The third-order valence-electron chi connectivity index (χ3n) is 2.83. The molecule has 94 valence electrons. The van der Waals surface area contributed by atoms with E-state index in [1.54, 1.807) is 18.2 Å². The Morgan fingerprint density at radius 2 is 2.24 bits per heavy atom. The van der Waals surface area contributed by atoms with Crippen LogP contribution in [0.4, 0.5) is 5.69 Å². The van der Waals surface area contributed by atoms with Crippen LogP contribution in [0.2, 0.25) is 10.0 Å². The van der Waals surface area contributed by atoms with E-state index < -0.39 is 9.73 Å². The quantitative estimate of drug-likeness (QED) is 0.910. The summed E-state index contributed by atoms with van der Waals surface area (Å²) < 4.78 is 16.8. The van der Waals surface area contributed by atoms with E-state index in [4.69, 9.17) is 23.2 Å². The number of benzene rings is 1. The van der Waals surface area contributed by atoms with Gasteiger partial charge in [0.15, 0.2) is 0 Å². The van der Waals surface area contributed by atoms with Gasteiger partial charge >= 0.3 is 0 Å². The molecule has 0 radical (unpaired) electrons. The largest absolute Gasteiger partial charge is 0.316 e. The lowest BCUT2D eigenvalue weighted by Gasteiger charge is -2.05. The first-order chi connectivity index (χ1) is 8.02. The molecule has 1 aromatic rings. The summed E-state index contributed by atoms with van der Waals surface area (Å²) in [7, 11) is -0.311. The van der Waals surface area contributed by atoms with Gasteiger partial charge in [0, 0.05) is 22.6 Å². The molecule has 0 amide bonds. The highest BCUT2D eigenvalue weighted by molar-refractivity contribution is 7.94. The summed E-state index contributed by atoms with van der Waals surface area (Å²) in [6.45, 7) is 0. The maximum absolute atomic E-state index is 12.5. The van der Waals surface area contributed by atoms with Crippen LogP contribution in [0.1, 0.15) is 6.42 Å². The minimum atomic E-state index is -2.19. The Morgan fingerprint density at radius 1 is 1.47 bits per heavy atom. The number of hydrogen-bond acceptors (Lipinski definition) is 3. The first kappa shape index (κ1) is 13.1. The van der Waals surface area contributed by atoms with E-state index in [0.29, 0.717) is 27.2 Å². The van der Waals surface area contributed by atoms with E-state index in [0.717, 1.165) is 6.42 Å². The van der Waals surface area contributed by atoms with Crippen LogP contribution < -0.4 is 5.32 Å². The van der Waals surface area contributed by atoms with E-state index in [-0.39, 0.29) is 6.04 Å². The molecular formula is C11H14Cl2N2OS. The van der Waals surface area contributed by atoms with Crippen LogP contribution in [0.25, 0.3) is 0 Å². The number of rotatable bonds is 2. The second-order valence-corrected chi connectivity index (χ2v) is 7.42. The summed E-state index contributed by atoms with van der Waals surface area (Å²) in [6, 6.07) is 5.31. The van der Waals surface area contributed by atoms with Crippen LogP contribution in [0, 0.1) is 0 Å². The molecule has 1 saturated heterocycles. The highest BCUT2D eigenvalue weighted by Crippen LogP contribution is 2.30. The van der Waals surface area contributed by atoms with Gasteiger partial charge in [-0.05, 0) is 31.7 Å². The second kappa shape index (κ2) is 5.14. The number of nitrogens with zero attached hydrogens (tertiary/aromatic N) is 1. The molecule has 0 saturated carbocycles. The molecule has 1 aliphatic rings. The van der Waals surface area contributed by atoms with Gasteiger partial charge in [-0.1, -0.05) is 23.2 Å². The Bertz CT molecular complexity index is 538. The summed E-state index contributed by atoms with van der Waals surface area (Å²) in [5.41, 5.74) is 0.529. The monoisotopic (exact) mass is 292 g/mol. The topological polar surface area (TPSA) is 41.5 Å². The minimum absolute atomic E-state index is 0.282. The van der Waals surface area contributed by atoms with Crippen molar-refractivity contribution in [3.63, 3.8) is 0 Å². The summed E-state index contributed by atoms with van der Waals surface area (Å²) in [5, 5.41) is 4.18. The molecule has 0 aromatic heterocycles. The van der Waals surface area contributed by atoms with Gasteiger partial charge < -0.3 is 5.32 Å². The van der Waals surface area contributed by atoms with Crippen LogP contribution >= 0.6 is 23.2 Å². The van der Waals surface area contributed by atoms with Gasteiger partial charge in [0.25, 0.3) is 0 Å². The molecule has 2 unspecified atom stereocenters. The van der Waals surface area contributed by atoms with Gasteiger partial charge in [-0.25, -0.2) is 4.21 Å². The van der Waals surface area contributed by atoms with Crippen molar-refractivity contribution in [2.24, 2.45) is 4.36 Å². The second-order valence-electron chi connectivity index (χ2n) is 4.10. The van der Waals surface area contributed by atoms with Gasteiger partial charge in [-0.15, -0.1) is 0 Å². The van der Waals surface area contributed by atoms with E-state index in [1.807, 2.05) is 7.05 Å². The Hall–Kier alpha value is -0.290. The molecule has 1 heterocycles. The van der Waals surface area contributed by atoms with Crippen molar-refractivity contribution in [1.82, 2.24) is 5.32 Å². The molecule has 1 aliphatic heterocycles. The Labute approximate surface area is 112 Å². The SMILES string of the molecule is CNC1CCS(=O)(=Nc2cc(Cl)ccc2Cl)C1. The van der Waals surface area contributed by atoms with Crippen molar-refractivity contribution >= 4 is 38.6 Å². The molecule has 0 spiro atoms. The maximum Gasteiger partial charge on any atom is 0.0931 e. The van der Waals surface area contributed by atoms with Crippen molar-refractivity contribution in [1.29, 1.82) is 0 Å². The van der Waals surface area contributed by atoms with E-state index in [1.165, 1.54) is 0 Å². The van der Waals surface area contributed by atoms with E-state index in [2.05, 4.69) is 9.68 Å². The van der Waals surface area contributed by atoms with Gasteiger partial charge in [-0.3, -0.25) is 0 Å². The number of halogens is 2. The van der Waals surface area contributed by atoms with Crippen LogP contribution in [-0.4, -0.2) is 28.8 Å². The fraction of sp³-hybridized carbons (Fsp3) is 0.455. The molecule has 17 heavy (non-hydrogen) atoms. The van der Waals surface area contributed by atoms with Gasteiger partial charge in [0.05, 0.1) is 20.4 Å². The zero-order valence-corrected chi connectivity index (χ0v) is 11.8. The van der Waals surface area contributed by atoms with Gasteiger partial charge in [-0.2, -0.15) is 4.36 Å². The number of hydrogen-bond donors (Lipinski definition) is 1. The molecule has 1 N–H and O–H groups in total. The fourth-order valence-corrected chi connectivity index (χ4v) is 4.69. The average molecular weight is 293 g/mol. The molecule has 1 fully saturated rings. The first-order valence-corrected chi connectivity index (χ1v) is 7.98. The fourth-order valence-electron chi connectivity index (χ4n) is 1.85. The van der Waals surface area contributed by atoms with Crippen LogP contribution in [-0.2, 0) is 9.73 Å². The van der Waals surface area contributed by atoms with E-state index in [9.17, 15) is 4.21 Å². The predicted octanol–water partition coefficient (Wildman–Crippen LogP) is 3.08. The molecule has 2 atom stereocenters. The molecule has 6 heteroatoms. The smallest absolute Gasteiger partial charge is 0.0931 e. The Morgan fingerprint density at radius 3 is 2.88 bits per heavy atom. The van der Waals surface area contributed by atoms with E-state index >= 15 is 0 Å². The lowest BCUT2D eigenvalue weighted by molar-refractivity contribution is 0.622.